The molecule has 2 amide bonds. The number of esters is 1. The van der Waals surface area contributed by atoms with Gasteiger partial charge >= 0.3 is 5.97 Å². The second-order valence-corrected chi connectivity index (χ2v) is 6.77. The Balaban J connectivity index is 1.84. The van der Waals surface area contributed by atoms with Crippen molar-refractivity contribution in [1.29, 1.82) is 0 Å². The van der Waals surface area contributed by atoms with Gasteiger partial charge in [0, 0.05) is 37.2 Å². The molecule has 2 N–H and O–H groups in total. The molecule has 1 aliphatic heterocycles. The molecule has 29 heavy (non-hydrogen) atoms. The number of carbonyl (C=O) groups is 3. The van der Waals surface area contributed by atoms with E-state index in [4.69, 9.17) is 10.5 Å². The molecular formula is C22H25N3O4. The summed E-state index contributed by atoms with van der Waals surface area (Å²) in [6.07, 6.45) is 0.938. The van der Waals surface area contributed by atoms with Crippen LogP contribution in [-0.4, -0.2) is 37.5 Å². The first-order valence-electron chi connectivity index (χ1n) is 9.73. The van der Waals surface area contributed by atoms with Crippen LogP contribution in [0.2, 0.25) is 0 Å². The van der Waals surface area contributed by atoms with E-state index >= 15 is 0 Å². The van der Waals surface area contributed by atoms with Gasteiger partial charge in [-0.2, -0.15) is 0 Å². The van der Waals surface area contributed by atoms with Crippen molar-refractivity contribution in [2.45, 2.75) is 26.2 Å². The lowest BCUT2D eigenvalue weighted by Crippen LogP contribution is -2.32. The molecule has 0 radical (unpaired) electrons. The zero-order chi connectivity index (χ0) is 20.8. The number of nitrogen functional groups attached to an aromatic ring is 1. The Labute approximate surface area is 170 Å². The highest BCUT2D eigenvalue weighted by molar-refractivity contribution is 6.11. The van der Waals surface area contributed by atoms with Gasteiger partial charge in [-0.25, -0.2) is 0 Å². The van der Waals surface area contributed by atoms with Crippen LogP contribution >= 0.6 is 0 Å². The number of anilines is 3. The van der Waals surface area contributed by atoms with Crippen molar-refractivity contribution in [2.24, 2.45) is 0 Å². The predicted molar refractivity (Wildman–Crippen MR) is 112 cm³/mol. The predicted octanol–water partition coefficient (Wildman–Crippen LogP) is 3.00. The topological polar surface area (TPSA) is 92.9 Å². The van der Waals surface area contributed by atoms with Crippen molar-refractivity contribution in [1.82, 2.24) is 0 Å². The van der Waals surface area contributed by atoms with E-state index in [1.165, 1.54) is 0 Å². The Morgan fingerprint density at radius 2 is 1.76 bits per heavy atom. The van der Waals surface area contributed by atoms with Crippen molar-refractivity contribution in [3.05, 3.63) is 54.1 Å². The molecule has 1 aliphatic rings. The molecule has 3 rings (SSSR count). The first-order valence-corrected chi connectivity index (χ1v) is 9.73. The van der Waals surface area contributed by atoms with Crippen LogP contribution in [0.15, 0.2) is 48.5 Å². The van der Waals surface area contributed by atoms with Crippen molar-refractivity contribution >= 4 is 34.8 Å². The summed E-state index contributed by atoms with van der Waals surface area (Å²) >= 11 is 0. The maximum Gasteiger partial charge on any atom is 0.305 e. The van der Waals surface area contributed by atoms with E-state index in [0.29, 0.717) is 42.2 Å². The fourth-order valence-electron chi connectivity index (χ4n) is 3.37. The molecule has 7 nitrogen and oxygen atoms in total. The van der Waals surface area contributed by atoms with Gasteiger partial charge in [0.2, 0.25) is 5.91 Å². The van der Waals surface area contributed by atoms with Crippen LogP contribution < -0.4 is 15.5 Å². The average molecular weight is 395 g/mol. The number of hydrogen-bond acceptors (Lipinski definition) is 5. The van der Waals surface area contributed by atoms with Gasteiger partial charge in [0.1, 0.15) is 0 Å². The Kier molecular flexibility index (Phi) is 6.49. The summed E-state index contributed by atoms with van der Waals surface area (Å²) in [5, 5.41) is 0. The minimum absolute atomic E-state index is 0.0751. The second-order valence-electron chi connectivity index (χ2n) is 6.77. The van der Waals surface area contributed by atoms with Crippen molar-refractivity contribution in [2.75, 3.05) is 35.2 Å². The molecule has 2 aromatic carbocycles. The van der Waals surface area contributed by atoms with Gasteiger partial charge in [-0.05, 0) is 49.7 Å². The fourth-order valence-corrected chi connectivity index (χ4v) is 3.37. The fraction of sp³-hybridized carbons (Fsp3) is 0.318. The number of para-hydroxylation sites is 2. The molecule has 0 unspecified atom stereocenters. The lowest BCUT2D eigenvalue weighted by atomic mass is 10.1. The van der Waals surface area contributed by atoms with Crippen LogP contribution in [0.1, 0.15) is 36.5 Å². The second kappa shape index (κ2) is 9.23. The average Bonchev–Trinajstić information content (AvgIpc) is 2.85. The number of benzene rings is 2. The van der Waals surface area contributed by atoms with Crippen LogP contribution in [0.5, 0.6) is 0 Å². The Morgan fingerprint density at radius 3 is 2.45 bits per heavy atom. The summed E-state index contributed by atoms with van der Waals surface area (Å²) in [7, 11) is 0. The third kappa shape index (κ3) is 4.74. The molecule has 0 aliphatic carbocycles. The smallest absolute Gasteiger partial charge is 0.305 e. The molecule has 0 spiro atoms. The van der Waals surface area contributed by atoms with Gasteiger partial charge in [-0.15, -0.1) is 0 Å². The Hall–Kier alpha value is -3.35. The first kappa shape index (κ1) is 20.4. The molecule has 0 bridgehead atoms. The van der Waals surface area contributed by atoms with E-state index in [2.05, 4.69) is 0 Å². The summed E-state index contributed by atoms with van der Waals surface area (Å²) in [5.74, 6) is -0.532. The molecule has 7 heteroatoms. The van der Waals surface area contributed by atoms with E-state index in [1.54, 1.807) is 41.0 Å². The number of nitrogens with two attached hydrogens (primary N) is 1. The summed E-state index contributed by atoms with van der Waals surface area (Å²) in [5.41, 5.74) is 8.16. The maximum atomic E-state index is 13.1. The summed E-state index contributed by atoms with van der Waals surface area (Å²) < 4.78 is 4.95. The van der Waals surface area contributed by atoms with Crippen LogP contribution in [0.4, 0.5) is 17.1 Å². The third-order valence-electron chi connectivity index (χ3n) is 4.78. The van der Waals surface area contributed by atoms with Crippen molar-refractivity contribution in [3.63, 3.8) is 0 Å². The quantitative estimate of drug-likeness (QED) is 0.600. The van der Waals surface area contributed by atoms with Crippen molar-refractivity contribution < 1.29 is 19.1 Å². The SMILES string of the molecule is CCOC(=O)CCCN1C(=O)CCN(C(=O)c2ccc(N)cc2)c2ccccc21. The van der Waals surface area contributed by atoms with Gasteiger partial charge in [0.05, 0.1) is 18.0 Å². The van der Waals surface area contributed by atoms with E-state index in [-0.39, 0.29) is 37.2 Å². The molecule has 0 saturated carbocycles. The van der Waals surface area contributed by atoms with Crippen LogP contribution in [0.3, 0.4) is 0 Å². The van der Waals surface area contributed by atoms with Gasteiger partial charge in [0.15, 0.2) is 0 Å². The number of amides is 2. The van der Waals surface area contributed by atoms with E-state index in [1.807, 2.05) is 24.3 Å². The van der Waals surface area contributed by atoms with Crippen LogP contribution in [0, 0.1) is 0 Å². The zero-order valence-corrected chi connectivity index (χ0v) is 16.5. The Bertz CT molecular complexity index is 895. The molecule has 0 fully saturated rings. The number of rotatable bonds is 6. The zero-order valence-electron chi connectivity index (χ0n) is 16.5. The highest BCUT2D eigenvalue weighted by Crippen LogP contribution is 2.33. The highest BCUT2D eigenvalue weighted by atomic mass is 16.5. The molecule has 0 aromatic heterocycles. The summed E-state index contributed by atoms with van der Waals surface area (Å²) in [4.78, 5) is 40.8. The summed E-state index contributed by atoms with van der Waals surface area (Å²) in [6, 6.07) is 14.1. The van der Waals surface area contributed by atoms with Crippen LogP contribution in [-0.2, 0) is 14.3 Å². The molecule has 152 valence electrons. The third-order valence-corrected chi connectivity index (χ3v) is 4.78. The Morgan fingerprint density at radius 1 is 1.07 bits per heavy atom. The normalized spacial score (nSPS) is 13.6. The van der Waals surface area contributed by atoms with E-state index in [9.17, 15) is 14.4 Å². The summed E-state index contributed by atoms with van der Waals surface area (Å²) in [6.45, 7) is 2.78. The van der Waals surface area contributed by atoms with E-state index in [0.717, 1.165) is 0 Å². The molecule has 0 atom stereocenters. The number of hydrogen-bond donors (Lipinski definition) is 1. The highest BCUT2D eigenvalue weighted by Gasteiger charge is 2.29. The van der Waals surface area contributed by atoms with Crippen LogP contribution in [0.25, 0.3) is 0 Å². The lowest BCUT2D eigenvalue weighted by molar-refractivity contribution is -0.143. The monoisotopic (exact) mass is 395 g/mol. The molecule has 0 saturated heterocycles. The maximum absolute atomic E-state index is 13.1. The minimum Gasteiger partial charge on any atom is -0.466 e. The van der Waals surface area contributed by atoms with E-state index < -0.39 is 0 Å². The molecule has 2 aromatic rings. The van der Waals surface area contributed by atoms with Gasteiger partial charge < -0.3 is 20.3 Å². The van der Waals surface area contributed by atoms with Gasteiger partial charge in [-0.1, -0.05) is 12.1 Å². The first-order chi connectivity index (χ1) is 14.0. The molecular weight excluding hydrogens is 370 g/mol. The minimum atomic E-state index is -0.275. The number of nitrogens with zero attached hydrogens (tertiary/aromatic N) is 2. The number of fused-ring (bicyclic) bond motifs is 1. The largest absolute Gasteiger partial charge is 0.466 e. The van der Waals surface area contributed by atoms with Gasteiger partial charge in [0.25, 0.3) is 5.91 Å². The number of ether oxygens (including phenoxy) is 1. The number of carbonyl (C=O) groups excluding carboxylic acids is 3. The van der Waals surface area contributed by atoms with Crippen molar-refractivity contribution in [3.8, 4) is 0 Å². The lowest BCUT2D eigenvalue weighted by Gasteiger charge is -2.25. The van der Waals surface area contributed by atoms with Gasteiger partial charge in [-0.3, -0.25) is 14.4 Å². The standard InChI is InChI=1S/C22H25N3O4/c1-2-29-21(27)8-5-14-24-18-6-3-4-7-19(18)25(15-13-20(24)26)22(28)16-9-11-17(23)12-10-16/h3-4,6-7,9-12H,2,5,8,13-15,23H2,1H3. The molecule has 1 heterocycles.